The molecule has 0 amide bonds. The first kappa shape index (κ1) is 12.9. The van der Waals surface area contributed by atoms with Gasteiger partial charge in [-0.2, -0.15) is 0 Å². The normalized spacial score (nSPS) is 11.9. The van der Waals surface area contributed by atoms with Crippen molar-refractivity contribution in [3.63, 3.8) is 0 Å². The van der Waals surface area contributed by atoms with Gasteiger partial charge in [0.1, 0.15) is 6.10 Å². The molecule has 0 saturated heterocycles. The van der Waals surface area contributed by atoms with E-state index < -0.39 is 0 Å². The average molecular weight is 202 g/mol. The Labute approximate surface area is 84.6 Å². The molecule has 0 aromatic heterocycles. The van der Waals surface area contributed by atoms with E-state index in [1.807, 2.05) is 6.92 Å². The van der Waals surface area contributed by atoms with Gasteiger partial charge in [0.05, 0.1) is 6.61 Å². The van der Waals surface area contributed by atoms with Crippen LogP contribution in [0.3, 0.4) is 0 Å². The van der Waals surface area contributed by atoms with E-state index in [4.69, 9.17) is 9.47 Å². The van der Waals surface area contributed by atoms with E-state index >= 15 is 0 Å². The molecule has 0 radical (unpaired) electrons. The van der Waals surface area contributed by atoms with Gasteiger partial charge in [-0.3, -0.25) is 9.59 Å². The highest BCUT2D eigenvalue weighted by Gasteiger charge is 2.12. The van der Waals surface area contributed by atoms with Gasteiger partial charge in [0, 0.05) is 13.3 Å². The number of carbonyl (C=O) groups is 2. The molecule has 0 fully saturated rings. The van der Waals surface area contributed by atoms with Gasteiger partial charge in [0.2, 0.25) is 0 Å². The third-order valence-corrected chi connectivity index (χ3v) is 1.76. The Kier molecular flexibility index (Phi) is 6.80. The van der Waals surface area contributed by atoms with Crippen molar-refractivity contribution < 1.29 is 19.1 Å². The molecule has 0 aliphatic carbocycles. The minimum atomic E-state index is -0.305. The molecular formula is C10H18O4. The van der Waals surface area contributed by atoms with Crippen molar-refractivity contribution in [1.29, 1.82) is 0 Å². The quantitative estimate of drug-likeness (QED) is 0.615. The van der Waals surface area contributed by atoms with Crippen LogP contribution in [0.2, 0.25) is 0 Å². The van der Waals surface area contributed by atoms with Crippen LogP contribution < -0.4 is 0 Å². The molecule has 1 unspecified atom stereocenters. The van der Waals surface area contributed by atoms with Gasteiger partial charge >= 0.3 is 11.9 Å². The minimum Gasteiger partial charge on any atom is -0.466 e. The number of ether oxygens (including phenoxy) is 2. The zero-order valence-electron chi connectivity index (χ0n) is 9.04. The smallest absolute Gasteiger partial charge is 0.305 e. The summed E-state index contributed by atoms with van der Waals surface area (Å²) in [6.07, 6.45) is 1.39. The third kappa shape index (κ3) is 6.46. The Morgan fingerprint density at radius 1 is 1.29 bits per heavy atom. The molecule has 0 spiro atoms. The molecule has 1 atom stereocenters. The molecule has 0 aliphatic rings. The highest BCUT2D eigenvalue weighted by molar-refractivity contribution is 5.69. The Balaban J connectivity index is 3.71. The number of rotatable bonds is 6. The van der Waals surface area contributed by atoms with Gasteiger partial charge in [-0.15, -0.1) is 0 Å². The number of hydrogen-bond donors (Lipinski definition) is 0. The number of esters is 2. The van der Waals surface area contributed by atoms with Crippen LogP contribution in [0.4, 0.5) is 0 Å². The topological polar surface area (TPSA) is 52.6 Å². The van der Waals surface area contributed by atoms with Crippen LogP contribution in [0.1, 0.15) is 40.0 Å². The summed E-state index contributed by atoms with van der Waals surface area (Å²) in [5.74, 6) is -0.543. The average Bonchev–Trinajstić information content (AvgIpc) is 2.12. The van der Waals surface area contributed by atoms with Gasteiger partial charge in [-0.1, -0.05) is 6.92 Å². The summed E-state index contributed by atoms with van der Waals surface area (Å²) < 4.78 is 9.74. The molecule has 0 aromatic rings. The van der Waals surface area contributed by atoms with Crippen molar-refractivity contribution in [2.75, 3.05) is 6.61 Å². The van der Waals surface area contributed by atoms with Crippen LogP contribution >= 0.6 is 0 Å². The van der Waals surface area contributed by atoms with Crippen LogP contribution in [0, 0.1) is 0 Å². The highest BCUT2D eigenvalue weighted by Crippen LogP contribution is 2.07. The third-order valence-electron chi connectivity index (χ3n) is 1.76. The summed E-state index contributed by atoms with van der Waals surface area (Å²) in [4.78, 5) is 21.6. The molecule has 82 valence electrons. The van der Waals surface area contributed by atoms with Crippen molar-refractivity contribution in [2.45, 2.75) is 46.1 Å². The van der Waals surface area contributed by atoms with E-state index in [0.29, 0.717) is 19.4 Å². The van der Waals surface area contributed by atoms with Crippen LogP contribution in [-0.4, -0.2) is 24.6 Å². The fraction of sp³-hybridized carbons (Fsp3) is 0.800. The van der Waals surface area contributed by atoms with Gasteiger partial charge in [-0.05, 0) is 19.8 Å². The minimum absolute atomic E-state index is 0.170. The lowest BCUT2D eigenvalue weighted by atomic mass is 10.1. The van der Waals surface area contributed by atoms with E-state index in [-0.39, 0.29) is 18.0 Å². The molecule has 4 heteroatoms. The van der Waals surface area contributed by atoms with Crippen LogP contribution in [-0.2, 0) is 19.1 Å². The molecule has 0 heterocycles. The summed E-state index contributed by atoms with van der Waals surface area (Å²) in [6.45, 7) is 5.44. The molecule has 0 N–H and O–H groups in total. The van der Waals surface area contributed by atoms with E-state index in [0.717, 1.165) is 6.42 Å². The Morgan fingerprint density at radius 3 is 2.36 bits per heavy atom. The lowest BCUT2D eigenvalue weighted by Crippen LogP contribution is -2.17. The van der Waals surface area contributed by atoms with Crippen molar-refractivity contribution in [2.24, 2.45) is 0 Å². The molecule has 0 aliphatic heterocycles. The zero-order valence-corrected chi connectivity index (χ0v) is 9.04. The molecule has 0 aromatic carbocycles. The maximum Gasteiger partial charge on any atom is 0.305 e. The first-order valence-corrected chi connectivity index (χ1v) is 4.93. The van der Waals surface area contributed by atoms with Gasteiger partial charge < -0.3 is 9.47 Å². The molecule has 4 nitrogen and oxygen atoms in total. The van der Waals surface area contributed by atoms with Crippen molar-refractivity contribution in [3.05, 3.63) is 0 Å². The van der Waals surface area contributed by atoms with Gasteiger partial charge in [-0.25, -0.2) is 0 Å². The van der Waals surface area contributed by atoms with E-state index in [9.17, 15) is 9.59 Å². The van der Waals surface area contributed by atoms with E-state index in [2.05, 4.69) is 0 Å². The number of hydrogen-bond acceptors (Lipinski definition) is 4. The first-order chi connectivity index (χ1) is 6.60. The standard InChI is InChI=1S/C10H18O4/c1-4-9(14-8(3)11)6-7-10(12)13-5-2/h9H,4-7H2,1-3H3. The summed E-state index contributed by atoms with van der Waals surface area (Å²) in [6, 6.07) is 0. The van der Waals surface area contributed by atoms with Crippen LogP contribution in [0.15, 0.2) is 0 Å². The molecular weight excluding hydrogens is 184 g/mol. The molecule has 0 saturated carbocycles. The lowest BCUT2D eigenvalue weighted by molar-refractivity contribution is -0.150. The Bertz CT molecular complexity index is 189. The maximum absolute atomic E-state index is 11.0. The maximum atomic E-state index is 11.0. The van der Waals surface area contributed by atoms with Crippen LogP contribution in [0.5, 0.6) is 0 Å². The van der Waals surface area contributed by atoms with Crippen molar-refractivity contribution >= 4 is 11.9 Å². The fourth-order valence-electron chi connectivity index (χ4n) is 1.09. The van der Waals surface area contributed by atoms with E-state index in [1.54, 1.807) is 6.92 Å². The van der Waals surface area contributed by atoms with Crippen molar-refractivity contribution in [1.82, 2.24) is 0 Å². The fourth-order valence-corrected chi connectivity index (χ4v) is 1.09. The number of carbonyl (C=O) groups excluding carboxylic acids is 2. The lowest BCUT2D eigenvalue weighted by Gasteiger charge is -2.13. The monoisotopic (exact) mass is 202 g/mol. The van der Waals surface area contributed by atoms with Crippen molar-refractivity contribution in [3.8, 4) is 0 Å². The summed E-state index contributed by atoms with van der Waals surface area (Å²) >= 11 is 0. The Morgan fingerprint density at radius 2 is 1.93 bits per heavy atom. The highest BCUT2D eigenvalue weighted by atomic mass is 16.5. The first-order valence-electron chi connectivity index (χ1n) is 4.93. The van der Waals surface area contributed by atoms with Gasteiger partial charge in [0.25, 0.3) is 0 Å². The predicted molar refractivity (Wildman–Crippen MR) is 51.7 cm³/mol. The SMILES string of the molecule is CCOC(=O)CCC(CC)OC(C)=O. The summed E-state index contributed by atoms with van der Waals surface area (Å²) in [7, 11) is 0. The summed E-state index contributed by atoms with van der Waals surface area (Å²) in [5.41, 5.74) is 0. The zero-order chi connectivity index (χ0) is 11.0. The second-order valence-electron chi connectivity index (χ2n) is 2.98. The van der Waals surface area contributed by atoms with Gasteiger partial charge in [0.15, 0.2) is 0 Å². The van der Waals surface area contributed by atoms with E-state index in [1.165, 1.54) is 6.92 Å². The Hall–Kier alpha value is -1.06. The van der Waals surface area contributed by atoms with Crippen LogP contribution in [0.25, 0.3) is 0 Å². The molecule has 0 rings (SSSR count). The summed E-state index contributed by atoms with van der Waals surface area (Å²) in [5, 5.41) is 0. The largest absolute Gasteiger partial charge is 0.466 e. The predicted octanol–water partition coefficient (Wildman–Crippen LogP) is 1.67. The molecule has 14 heavy (non-hydrogen) atoms. The second kappa shape index (κ2) is 7.35. The molecule has 0 bridgehead atoms. The second-order valence-corrected chi connectivity index (χ2v) is 2.98.